The zero-order chi connectivity index (χ0) is 17.2. The average Bonchev–Trinajstić information content (AvgIpc) is 2.62. The first kappa shape index (κ1) is 21.5. The number of carbonyl (C=O) groups is 1. The van der Waals surface area contributed by atoms with Gasteiger partial charge in [0, 0.05) is 26.7 Å². The maximum atomic E-state index is 11.7. The highest BCUT2D eigenvalue weighted by atomic mass is 127. The first-order valence-corrected chi connectivity index (χ1v) is 8.69. The number of halogens is 1. The molecular weight excluding hydrogens is 427 g/mol. The summed E-state index contributed by atoms with van der Waals surface area (Å²) >= 11 is 0. The van der Waals surface area contributed by atoms with E-state index in [2.05, 4.69) is 50.9 Å². The number of hydrogen-bond acceptors (Lipinski definition) is 2. The molecular formula is C19H29IN4O. The molecule has 1 amide bonds. The van der Waals surface area contributed by atoms with E-state index >= 15 is 0 Å². The Labute approximate surface area is 168 Å². The van der Waals surface area contributed by atoms with E-state index in [0.717, 1.165) is 44.9 Å². The van der Waals surface area contributed by atoms with E-state index in [1.807, 2.05) is 13.0 Å². The van der Waals surface area contributed by atoms with Gasteiger partial charge in [-0.2, -0.15) is 0 Å². The normalized spacial score (nSPS) is 14.6. The number of benzene rings is 1. The molecule has 1 aliphatic rings. The summed E-state index contributed by atoms with van der Waals surface area (Å²) in [4.78, 5) is 18.2. The van der Waals surface area contributed by atoms with Gasteiger partial charge in [0.25, 0.3) is 0 Å². The van der Waals surface area contributed by atoms with Crippen molar-refractivity contribution in [3.63, 3.8) is 0 Å². The fraction of sp³-hybridized carbons (Fsp3) is 0.474. The number of likely N-dealkylation sites (tertiary alicyclic amines) is 1. The molecule has 0 spiro atoms. The molecule has 0 aromatic heterocycles. The largest absolute Gasteiger partial charge is 0.355 e. The van der Waals surface area contributed by atoms with Crippen molar-refractivity contribution in [2.75, 3.05) is 33.2 Å². The third-order valence-electron chi connectivity index (χ3n) is 4.07. The minimum Gasteiger partial charge on any atom is -0.355 e. The highest BCUT2D eigenvalue weighted by molar-refractivity contribution is 14.0. The van der Waals surface area contributed by atoms with Crippen LogP contribution in [0.3, 0.4) is 0 Å². The molecule has 0 radical (unpaired) electrons. The van der Waals surface area contributed by atoms with Crippen LogP contribution in [0, 0.1) is 0 Å². The van der Waals surface area contributed by atoms with Gasteiger partial charge in [0.05, 0.1) is 6.54 Å². The minimum absolute atomic E-state index is 0. The number of guanidine groups is 1. The van der Waals surface area contributed by atoms with Crippen molar-refractivity contribution in [3.05, 3.63) is 41.5 Å². The molecule has 2 N–H and O–H groups in total. The molecule has 0 saturated carbocycles. The topological polar surface area (TPSA) is 56.7 Å². The van der Waals surface area contributed by atoms with Gasteiger partial charge in [0.1, 0.15) is 0 Å². The van der Waals surface area contributed by atoms with Crippen LogP contribution in [0.1, 0.15) is 31.7 Å². The van der Waals surface area contributed by atoms with E-state index in [0.29, 0.717) is 0 Å². The Hall–Kier alpha value is -1.57. The van der Waals surface area contributed by atoms with Gasteiger partial charge >= 0.3 is 0 Å². The predicted octanol–water partition coefficient (Wildman–Crippen LogP) is 2.89. The summed E-state index contributed by atoms with van der Waals surface area (Å²) in [6.07, 6.45) is 5.28. The maximum Gasteiger partial charge on any atom is 0.239 e. The standard InChI is InChI=1S/C19H28N4O.HI/c1-3-11-21-18(24)15-22-19(20-2)23-12-9-17(10-13-23)14-16-7-5-4-6-8-16;/h4-8,14H,3,9-13,15H2,1-2H3,(H,20,22)(H,21,24);1H. The van der Waals surface area contributed by atoms with Crippen LogP contribution in [0.4, 0.5) is 0 Å². The second kappa shape index (κ2) is 11.9. The predicted molar refractivity (Wildman–Crippen MR) is 115 cm³/mol. The van der Waals surface area contributed by atoms with Crippen molar-refractivity contribution in [3.8, 4) is 0 Å². The molecule has 0 unspecified atom stereocenters. The van der Waals surface area contributed by atoms with Crippen LogP contribution in [0.5, 0.6) is 0 Å². The zero-order valence-electron chi connectivity index (χ0n) is 15.1. The van der Waals surface area contributed by atoms with E-state index in [9.17, 15) is 4.79 Å². The highest BCUT2D eigenvalue weighted by Gasteiger charge is 2.17. The lowest BCUT2D eigenvalue weighted by Crippen LogP contribution is -2.47. The second-order valence-corrected chi connectivity index (χ2v) is 5.95. The molecule has 1 fully saturated rings. The Balaban J connectivity index is 0.00000312. The van der Waals surface area contributed by atoms with Crippen molar-refractivity contribution in [1.29, 1.82) is 0 Å². The summed E-state index contributed by atoms with van der Waals surface area (Å²) in [5.74, 6) is 0.820. The Bertz CT molecular complexity index is 576. The van der Waals surface area contributed by atoms with Crippen molar-refractivity contribution < 1.29 is 4.79 Å². The van der Waals surface area contributed by atoms with Crippen LogP contribution >= 0.6 is 24.0 Å². The van der Waals surface area contributed by atoms with Gasteiger partial charge in [0.2, 0.25) is 5.91 Å². The SMILES string of the molecule is CCCNC(=O)CNC(=NC)N1CCC(=Cc2ccccc2)CC1.I. The van der Waals surface area contributed by atoms with Crippen LogP contribution < -0.4 is 10.6 Å². The van der Waals surface area contributed by atoms with Gasteiger partial charge in [-0.05, 0) is 24.8 Å². The van der Waals surface area contributed by atoms with Crippen LogP contribution in [-0.4, -0.2) is 50.0 Å². The van der Waals surface area contributed by atoms with Gasteiger partial charge in [-0.25, -0.2) is 0 Å². The Morgan fingerprint density at radius 2 is 1.88 bits per heavy atom. The Kier molecular flexibility index (Phi) is 10.2. The van der Waals surface area contributed by atoms with Gasteiger partial charge in [-0.15, -0.1) is 24.0 Å². The van der Waals surface area contributed by atoms with Crippen LogP contribution in [0.15, 0.2) is 40.9 Å². The molecule has 138 valence electrons. The summed E-state index contributed by atoms with van der Waals surface area (Å²) in [5.41, 5.74) is 2.73. The number of carbonyl (C=O) groups excluding carboxylic acids is 1. The van der Waals surface area contributed by atoms with E-state index in [1.165, 1.54) is 11.1 Å². The molecule has 5 nitrogen and oxygen atoms in total. The summed E-state index contributed by atoms with van der Waals surface area (Å²) in [6, 6.07) is 10.4. The van der Waals surface area contributed by atoms with Crippen molar-refractivity contribution in [2.24, 2.45) is 4.99 Å². The maximum absolute atomic E-state index is 11.7. The highest BCUT2D eigenvalue weighted by Crippen LogP contribution is 2.19. The monoisotopic (exact) mass is 456 g/mol. The smallest absolute Gasteiger partial charge is 0.239 e. The summed E-state index contributed by atoms with van der Waals surface area (Å²) in [5, 5.41) is 6.02. The Morgan fingerprint density at radius 1 is 1.20 bits per heavy atom. The fourth-order valence-electron chi connectivity index (χ4n) is 2.75. The van der Waals surface area contributed by atoms with Gasteiger partial charge in [0.15, 0.2) is 5.96 Å². The Morgan fingerprint density at radius 3 is 2.48 bits per heavy atom. The van der Waals surface area contributed by atoms with Crippen molar-refractivity contribution in [2.45, 2.75) is 26.2 Å². The first-order valence-electron chi connectivity index (χ1n) is 8.69. The molecule has 2 rings (SSSR count). The summed E-state index contributed by atoms with van der Waals surface area (Å²) in [7, 11) is 1.77. The molecule has 1 aromatic carbocycles. The molecule has 25 heavy (non-hydrogen) atoms. The summed E-state index contributed by atoms with van der Waals surface area (Å²) in [6.45, 7) is 4.89. The van der Waals surface area contributed by atoms with E-state index in [-0.39, 0.29) is 36.4 Å². The van der Waals surface area contributed by atoms with E-state index in [4.69, 9.17) is 0 Å². The molecule has 1 saturated heterocycles. The molecule has 0 atom stereocenters. The molecule has 1 aromatic rings. The quantitative estimate of drug-likeness (QED) is 0.407. The average molecular weight is 456 g/mol. The lowest BCUT2D eigenvalue weighted by molar-refractivity contribution is -0.120. The molecule has 1 aliphatic heterocycles. The number of hydrogen-bond donors (Lipinski definition) is 2. The van der Waals surface area contributed by atoms with Crippen molar-refractivity contribution in [1.82, 2.24) is 15.5 Å². The lowest BCUT2D eigenvalue weighted by atomic mass is 10.0. The number of rotatable bonds is 5. The zero-order valence-corrected chi connectivity index (χ0v) is 17.5. The molecule has 0 bridgehead atoms. The van der Waals surface area contributed by atoms with Crippen LogP contribution in [0.25, 0.3) is 6.08 Å². The summed E-state index contributed by atoms with van der Waals surface area (Å²) < 4.78 is 0. The van der Waals surface area contributed by atoms with Gasteiger partial charge in [-0.3, -0.25) is 9.79 Å². The fourth-order valence-corrected chi connectivity index (χ4v) is 2.75. The van der Waals surface area contributed by atoms with Crippen molar-refractivity contribution >= 4 is 41.9 Å². The van der Waals surface area contributed by atoms with E-state index < -0.39 is 0 Å². The number of amides is 1. The van der Waals surface area contributed by atoms with Crippen LogP contribution in [0.2, 0.25) is 0 Å². The van der Waals surface area contributed by atoms with E-state index in [1.54, 1.807) is 7.05 Å². The number of nitrogens with zero attached hydrogens (tertiary/aromatic N) is 2. The molecule has 1 heterocycles. The number of aliphatic imine (C=N–C) groups is 1. The third kappa shape index (κ3) is 7.46. The number of piperidine rings is 1. The minimum atomic E-state index is 0. The van der Waals surface area contributed by atoms with Gasteiger partial charge in [-0.1, -0.05) is 48.9 Å². The molecule has 0 aliphatic carbocycles. The second-order valence-electron chi connectivity index (χ2n) is 5.95. The first-order chi connectivity index (χ1) is 11.7. The number of nitrogens with one attached hydrogen (secondary N) is 2. The van der Waals surface area contributed by atoms with Gasteiger partial charge < -0.3 is 15.5 Å². The molecule has 6 heteroatoms. The lowest BCUT2D eigenvalue weighted by Gasteiger charge is -2.31. The third-order valence-corrected chi connectivity index (χ3v) is 4.07. The van der Waals surface area contributed by atoms with Crippen LogP contribution in [-0.2, 0) is 4.79 Å².